The summed E-state index contributed by atoms with van der Waals surface area (Å²) in [6.07, 6.45) is 1.58. The highest BCUT2D eigenvalue weighted by Gasteiger charge is 2.14. The van der Waals surface area contributed by atoms with Gasteiger partial charge in [0.25, 0.3) is 6.43 Å². The van der Waals surface area contributed by atoms with Crippen molar-refractivity contribution in [2.45, 2.75) is 31.9 Å². The van der Waals surface area contributed by atoms with E-state index in [0.717, 1.165) is 12.2 Å². The number of rotatable bonds is 4. The molecule has 1 aliphatic heterocycles. The zero-order valence-electron chi connectivity index (χ0n) is 8.90. The molecule has 1 N–H and O–H groups in total. The van der Waals surface area contributed by atoms with Crippen molar-refractivity contribution in [1.82, 2.24) is 9.78 Å². The van der Waals surface area contributed by atoms with Crippen LogP contribution in [0.25, 0.3) is 0 Å². The van der Waals surface area contributed by atoms with Gasteiger partial charge in [-0.05, 0) is 18.6 Å². The van der Waals surface area contributed by atoms with Gasteiger partial charge in [-0.15, -0.1) is 0 Å². The molecule has 1 saturated heterocycles. The molecule has 6 heteroatoms. The molecular weight excluding hydrogens is 232 g/mol. The summed E-state index contributed by atoms with van der Waals surface area (Å²) >= 11 is 1.92. The van der Waals surface area contributed by atoms with E-state index in [1.165, 1.54) is 16.9 Å². The van der Waals surface area contributed by atoms with Gasteiger partial charge in [-0.1, -0.05) is 0 Å². The second-order valence-electron chi connectivity index (χ2n) is 3.87. The molecule has 0 aliphatic carbocycles. The quantitative estimate of drug-likeness (QED) is 0.886. The summed E-state index contributed by atoms with van der Waals surface area (Å²) in [5, 5.41) is 7.34. The summed E-state index contributed by atoms with van der Waals surface area (Å²) in [5.74, 6) is 2.99. The minimum absolute atomic E-state index is 0.332. The van der Waals surface area contributed by atoms with Crippen molar-refractivity contribution >= 4 is 17.6 Å². The number of hydrogen-bond donors (Lipinski definition) is 1. The van der Waals surface area contributed by atoms with Crippen molar-refractivity contribution in [3.63, 3.8) is 0 Å². The van der Waals surface area contributed by atoms with Crippen molar-refractivity contribution in [2.24, 2.45) is 0 Å². The molecule has 0 saturated carbocycles. The molecule has 1 atom stereocenters. The number of thioether (sulfide) groups is 1. The van der Waals surface area contributed by atoms with Crippen LogP contribution in [0, 0.1) is 0 Å². The van der Waals surface area contributed by atoms with Crippen molar-refractivity contribution in [3.8, 4) is 0 Å². The van der Waals surface area contributed by atoms with E-state index in [2.05, 4.69) is 10.4 Å². The lowest BCUT2D eigenvalue weighted by molar-refractivity contribution is 0.122. The maximum absolute atomic E-state index is 12.1. The van der Waals surface area contributed by atoms with Crippen LogP contribution in [0.15, 0.2) is 12.3 Å². The van der Waals surface area contributed by atoms with Crippen LogP contribution in [0.5, 0.6) is 0 Å². The highest BCUT2D eigenvalue weighted by molar-refractivity contribution is 7.99. The van der Waals surface area contributed by atoms with Gasteiger partial charge in [0.05, 0.1) is 0 Å². The monoisotopic (exact) mass is 247 g/mol. The Balaban J connectivity index is 1.86. The predicted octanol–water partition coefficient (Wildman–Crippen LogP) is 2.46. The lowest BCUT2D eigenvalue weighted by Crippen LogP contribution is -2.26. The number of nitrogens with one attached hydrogen (secondary N) is 1. The number of halogens is 2. The van der Waals surface area contributed by atoms with Crippen molar-refractivity contribution in [3.05, 3.63) is 12.3 Å². The average molecular weight is 247 g/mol. The summed E-state index contributed by atoms with van der Waals surface area (Å²) in [5.41, 5.74) is 0. The second-order valence-corrected chi connectivity index (χ2v) is 5.02. The normalized spacial score (nSPS) is 21.3. The molecular formula is C10H15F2N3S. The largest absolute Gasteiger partial charge is 0.365 e. The van der Waals surface area contributed by atoms with Gasteiger partial charge in [0.1, 0.15) is 12.4 Å². The third-order valence-corrected chi connectivity index (χ3v) is 3.69. The van der Waals surface area contributed by atoms with Gasteiger partial charge in [0.2, 0.25) is 0 Å². The van der Waals surface area contributed by atoms with Crippen molar-refractivity contribution in [1.29, 1.82) is 0 Å². The van der Waals surface area contributed by atoms with Crippen molar-refractivity contribution < 1.29 is 8.78 Å². The van der Waals surface area contributed by atoms with Crippen LogP contribution in [0.3, 0.4) is 0 Å². The van der Waals surface area contributed by atoms with E-state index in [4.69, 9.17) is 0 Å². The molecule has 0 amide bonds. The molecule has 1 aromatic heterocycles. The van der Waals surface area contributed by atoms with Gasteiger partial charge in [-0.25, -0.2) is 8.78 Å². The zero-order chi connectivity index (χ0) is 11.4. The number of nitrogens with zero attached hydrogens (tertiary/aromatic N) is 2. The van der Waals surface area contributed by atoms with E-state index in [9.17, 15) is 8.78 Å². The second kappa shape index (κ2) is 5.52. The molecule has 0 spiro atoms. The molecule has 0 aromatic carbocycles. The van der Waals surface area contributed by atoms with E-state index in [0.29, 0.717) is 11.9 Å². The zero-order valence-corrected chi connectivity index (χ0v) is 9.72. The number of hydrogen-bond acceptors (Lipinski definition) is 3. The molecule has 1 aliphatic rings. The van der Waals surface area contributed by atoms with Crippen LogP contribution in [-0.2, 0) is 6.54 Å². The van der Waals surface area contributed by atoms with Crippen molar-refractivity contribution in [2.75, 3.05) is 16.8 Å². The molecule has 2 rings (SSSR count). The topological polar surface area (TPSA) is 29.9 Å². The van der Waals surface area contributed by atoms with Crippen LogP contribution >= 0.6 is 11.8 Å². The Bertz CT molecular complexity index is 324. The van der Waals surface area contributed by atoms with Crippen LogP contribution in [-0.4, -0.2) is 33.8 Å². The van der Waals surface area contributed by atoms with Crippen LogP contribution in [0.1, 0.15) is 12.8 Å². The molecule has 16 heavy (non-hydrogen) atoms. The average Bonchev–Trinajstić information content (AvgIpc) is 2.66. The Kier molecular flexibility index (Phi) is 4.04. The molecule has 2 heterocycles. The number of anilines is 1. The van der Waals surface area contributed by atoms with Crippen LogP contribution in [0.2, 0.25) is 0 Å². The van der Waals surface area contributed by atoms with Gasteiger partial charge in [-0.2, -0.15) is 16.9 Å². The van der Waals surface area contributed by atoms with Crippen LogP contribution < -0.4 is 5.32 Å². The maximum atomic E-state index is 12.1. The maximum Gasteiger partial charge on any atom is 0.257 e. The molecule has 1 unspecified atom stereocenters. The van der Waals surface area contributed by atoms with Crippen LogP contribution in [0.4, 0.5) is 14.6 Å². The standard InChI is InChI=1S/C10H15F2N3S/c11-9(12)6-15-4-3-10(14-15)13-8-2-1-5-16-7-8/h3-4,8-9H,1-2,5-7H2,(H,13,14). The first-order valence-corrected chi connectivity index (χ1v) is 6.55. The third-order valence-electron chi connectivity index (χ3n) is 2.48. The van der Waals surface area contributed by atoms with E-state index in [1.807, 2.05) is 11.8 Å². The Morgan fingerprint density at radius 2 is 2.50 bits per heavy atom. The lowest BCUT2D eigenvalue weighted by atomic mass is 10.2. The first-order chi connectivity index (χ1) is 7.74. The predicted molar refractivity (Wildman–Crippen MR) is 62.2 cm³/mol. The Morgan fingerprint density at radius 3 is 3.19 bits per heavy atom. The van der Waals surface area contributed by atoms with Gasteiger partial charge in [0, 0.05) is 24.1 Å². The summed E-state index contributed by atoms with van der Waals surface area (Å²) in [7, 11) is 0. The minimum Gasteiger partial charge on any atom is -0.365 e. The molecule has 1 aromatic rings. The summed E-state index contributed by atoms with van der Waals surface area (Å²) in [6, 6.07) is 2.18. The first kappa shape index (κ1) is 11.7. The fourth-order valence-electron chi connectivity index (χ4n) is 1.75. The molecule has 3 nitrogen and oxygen atoms in total. The van der Waals surface area contributed by atoms with E-state index < -0.39 is 6.43 Å². The minimum atomic E-state index is -2.35. The Labute approximate surface area is 97.6 Å². The fraction of sp³-hybridized carbons (Fsp3) is 0.700. The van der Waals surface area contributed by atoms with Gasteiger partial charge < -0.3 is 5.32 Å². The Morgan fingerprint density at radius 1 is 1.62 bits per heavy atom. The molecule has 0 bridgehead atoms. The number of alkyl halides is 2. The smallest absolute Gasteiger partial charge is 0.257 e. The third kappa shape index (κ3) is 3.37. The highest BCUT2D eigenvalue weighted by atomic mass is 32.2. The fourth-order valence-corrected chi connectivity index (χ4v) is 2.82. The Hall–Kier alpha value is -0.780. The first-order valence-electron chi connectivity index (χ1n) is 5.40. The highest BCUT2D eigenvalue weighted by Crippen LogP contribution is 2.20. The SMILES string of the molecule is FC(F)Cn1ccc(NC2CCCSC2)n1. The lowest BCUT2D eigenvalue weighted by Gasteiger charge is -2.22. The number of aromatic nitrogens is 2. The molecule has 90 valence electrons. The van der Waals surface area contributed by atoms with E-state index in [-0.39, 0.29) is 6.54 Å². The molecule has 0 radical (unpaired) electrons. The summed E-state index contributed by atoms with van der Waals surface area (Å²) in [6.45, 7) is -0.332. The molecule has 1 fully saturated rings. The van der Waals surface area contributed by atoms with Gasteiger partial charge in [0.15, 0.2) is 0 Å². The van der Waals surface area contributed by atoms with Gasteiger partial charge in [-0.3, -0.25) is 4.68 Å². The van der Waals surface area contributed by atoms with E-state index in [1.54, 1.807) is 12.3 Å². The van der Waals surface area contributed by atoms with Gasteiger partial charge >= 0.3 is 0 Å². The summed E-state index contributed by atoms with van der Waals surface area (Å²) < 4.78 is 25.5. The van der Waals surface area contributed by atoms with E-state index >= 15 is 0 Å². The summed E-state index contributed by atoms with van der Waals surface area (Å²) in [4.78, 5) is 0.